The fourth-order valence-electron chi connectivity index (χ4n) is 0.758. The fraction of sp³-hybridized carbons (Fsp3) is 0.375. The summed E-state index contributed by atoms with van der Waals surface area (Å²) in [7, 11) is 0. The van der Waals surface area contributed by atoms with Crippen LogP contribution in [0.5, 0.6) is 5.75 Å². The molecule has 0 aliphatic rings. The molecule has 0 aliphatic carbocycles. The standard InChI is InChI=1S/C8H8BrClINO/c9-3-1-5-13-7-6(10)2-4-12-8(7)11/h2,4H,1,3,5H2. The molecular weight excluding hydrogens is 368 g/mol. The van der Waals surface area contributed by atoms with Crippen LogP contribution in [0.3, 0.4) is 0 Å². The first-order chi connectivity index (χ1) is 6.25. The van der Waals surface area contributed by atoms with Crippen LogP contribution in [-0.4, -0.2) is 16.9 Å². The van der Waals surface area contributed by atoms with Crippen LogP contribution in [0.4, 0.5) is 0 Å². The lowest BCUT2D eigenvalue weighted by molar-refractivity contribution is 0.315. The molecule has 0 saturated heterocycles. The summed E-state index contributed by atoms with van der Waals surface area (Å²) in [6.45, 7) is 0.659. The molecule has 0 saturated carbocycles. The smallest absolute Gasteiger partial charge is 0.169 e. The summed E-state index contributed by atoms with van der Waals surface area (Å²) in [6, 6.07) is 1.73. The molecule has 0 radical (unpaired) electrons. The Bertz CT molecular complexity index is 265. The van der Waals surface area contributed by atoms with Gasteiger partial charge < -0.3 is 4.74 Å². The Kier molecular flexibility index (Phi) is 5.35. The van der Waals surface area contributed by atoms with Gasteiger partial charge in [-0.05, 0) is 35.1 Å². The Balaban J connectivity index is 2.64. The molecule has 0 aliphatic heterocycles. The lowest BCUT2D eigenvalue weighted by atomic mass is 10.4. The van der Waals surface area contributed by atoms with Gasteiger partial charge >= 0.3 is 0 Å². The largest absolute Gasteiger partial charge is 0.489 e. The van der Waals surface area contributed by atoms with Gasteiger partial charge in [0.2, 0.25) is 0 Å². The number of aromatic nitrogens is 1. The number of hydrogen-bond acceptors (Lipinski definition) is 2. The van der Waals surface area contributed by atoms with E-state index in [-0.39, 0.29) is 0 Å². The molecular formula is C8H8BrClINO. The summed E-state index contributed by atoms with van der Waals surface area (Å²) < 4.78 is 6.28. The number of rotatable bonds is 4. The maximum Gasteiger partial charge on any atom is 0.169 e. The molecule has 0 atom stereocenters. The average Bonchev–Trinajstić information content (AvgIpc) is 2.10. The highest BCUT2D eigenvalue weighted by Gasteiger charge is 2.06. The predicted octanol–water partition coefficient (Wildman–Crippen LogP) is 3.50. The van der Waals surface area contributed by atoms with E-state index in [1.807, 2.05) is 0 Å². The lowest BCUT2D eigenvalue weighted by Gasteiger charge is -2.07. The molecule has 0 unspecified atom stereocenters. The monoisotopic (exact) mass is 375 g/mol. The van der Waals surface area contributed by atoms with E-state index in [9.17, 15) is 0 Å². The second-order valence-electron chi connectivity index (χ2n) is 2.30. The lowest BCUT2D eigenvalue weighted by Crippen LogP contribution is -2.00. The summed E-state index contributed by atoms with van der Waals surface area (Å²) in [4.78, 5) is 4.08. The molecule has 0 fully saturated rings. The zero-order valence-corrected chi connectivity index (χ0v) is 11.3. The van der Waals surface area contributed by atoms with Crippen LogP contribution in [0.2, 0.25) is 5.02 Å². The zero-order chi connectivity index (χ0) is 9.68. The van der Waals surface area contributed by atoms with E-state index in [0.717, 1.165) is 15.5 Å². The van der Waals surface area contributed by atoms with Crippen molar-refractivity contribution in [2.45, 2.75) is 6.42 Å². The van der Waals surface area contributed by atoms with E-state index >= 15 is 0 Å². The van der Waals surface area contributed by atoms with Gasteiger partial charge in [0.15, 0.2) is 5.75 Å². The van der Waals surface area contributed by atoms with Crippen LogP contribution < -0.4 is 4.74 Å². The molecule has 0 aromatic carbocycles. The highest BCUT2D eigenvalue weighted by atomic mass is 127. The second kappa shape index (κ2) is 6.03. The first kappa shape index (κ1) is 11.5. The minimum absolute atomic E-state index is 0.619. The van der Waals surface area contributed by atoms with E-state index < -0.39 is 0 Å². The third-order valence-electron chi connectivity index (χ3n) is 1.34. The second-order valence-corrected chi connectivity index (χ2v) is 4.53. The number of nitrogens with zero attached hydrogens (tertiary/aromatic N) is 1. The van der Waals surface area contributed by atoms with Crippen molar-refractivity contribution in [2.24, 2.45) is 0 Å². The molecule has 72 valence electrons. The van der Waals surface area contributed by atoms with Crippen LogP contribution in [0, 0.1) is 3.70 Å². The van der Waals surface area contributed by atoms with Crippen molar-refractivity contribution >= 4 is 50.1 Å². The normalized spacial score (nSPS) is 10.1. The molecule has 1 rings (SSSR count). The van der Waals surface area contributed by atoms with Crippen LogP contribution in [0.1, 0.15) is 6.42 Å². The summed E-state index contributed by atoms with van der Waals surface area (Å²) in [5.41, 5.74) is 0. The number of halogens is 3. The van der Waals surface area contributed by atoms with E-state index in [0.29, 0.717) is 17.4 Å². The van der Waals surface area contributed by atoms with Crippen LogP contribution in [-0.2, 0) is 0 Å². The zero-order valence-electron chi connectivity index (χ0n) is 6.77. The molecule has 0 amide bonds. The molecule has 0 spiro atoms. The molecule has 13 heavy (non-hydrogen) atoms. The van der Waals surface area contributed by atoms with Gasteiger partial charge in [-0.2, -0.15) is 0 Å². The van der Waals surface area contributed by atoms with E-state index in [4.69, 9.17) is 16.3 Å². The SMILES string of the molecule is Clc1ccnc(I)c1OCCCBr. The Hall–Kier alpha value is 0.450. The first-order valence-electron chi connectivity index (χ1n) is 3.74. The van der Waals surface area contributed by atoms with Gasteiger partial charge in [-0.3, -0.25) is 0 Å². The summed E-state index contributed by atoms with van der Waals surface area (Å²) in [5, 5.41) is 1.55. The number of alkyl halides is 1. The third kappa shape index (κ3) is 3.59. The number of hydrogen-bond donors (Lipinski definition) is 0. The fourth-order valence-corrected chi connectivity index (χ4v) is 1.95. The molecule has 2 nitrogen and oxygen atoms in total. The van der Waals surface area contributed by atoms with Gasteiger partial charge in [0.1, 0.15) is 3.70 Å². The molecule has 5 heteroatoms. The Morgan fingerprint density at radius 2 is 2.38 bits per heavy atom. The molecule has 0 N–H and O–H groups in total. The van der Waals surface area contributed by atoms with E-state index in [2.05, 4.69) is 43.5 Å². The quantitative estimate of drug-likeness (QED) is 0.347. The number of pyridine rings is 1. The van der Waals surface area contributed by atoms with Gasteiger partial charge in [-0.25, -0.2) is 4.98 Å². The molecule has 1 heterocycles. The summed E-state index contributed by atoms with van der Waals surface area (Å²) in [5.74, 6) is 0.686. The van der Waals surface area contributed by atoms with E-state index in [1.165, 1.54) is 0 Å². The van der Waals surface area contributed by atoms with Crippen molar-refractivity contribution < 1.29 is 4.74 Å². The van der Waals surface area contributed by atoms with Gasteiger partial charge in [0.25, 0.3) is 0 Å². The number of ether oxygens (including phenoxy) is 1. The molecule has 0 bridgehead atoms. The van der Waals surface area contributed by atoms with Crippen LogP contribution in [0.15, 0.2) is 12.3 Å². The van der Waals surface area contributed by atoms with Crippen LogP contribution in [0.25, 0.3) is 0 Å². The topological polar surface area (TPSA) is 22.1 Å². The maximum atomic E-state index is 5.93. The van der Waals surface area contributed by atoms with Crippen molar-refractivity contribution in [3.05, 3.63) is 21.0 Å². The van der Waals surface area contributed by atoms with Crippen molar-refractivity contribution in [3.63, 3.8) is 0 Å². The molecule has 1 aromatic rings. The predicted molar refractivity (Wildman–Crippen MR) is 65.9 cm³/mol. The van der Waals surface area contributed by atoms with Gasteiger partial charge in [-0.1, -0.05) is 27.5 Å². The maximum absolute atomic E-state index is 5.93. The molecule has 1 aromatic heterocycles. The van der Waals surface area contributed by atoms with Crippen molar-refractivity contribution in [2.75, 3.05) is 11.9 Å². The summed E-state index contributed by atoms with van der Waals surface area (Å²) >= 11 is 11.4. The van der Waals surface area contributed by atoms with Gasteiger partial charge in [0.05, 0.1) is 11.6 Å². The van der Waals surface area contributed by atoms with Crippen molar-refractivity contribution in [1.82, 2.24) is 4.98 Å². The minimum Gasteiger partial charge on any atom is -0.489 e. The van der Waals surface area contributed by atoms with Crippen LogP contribution >= 0.6 is 50.1 Å². The van der Waals surface area contributed by atoms with Gasteiger partial charge in [0, 0.05) is 11.5 Å². The Labute approximate surface area is 104 Å². The first-order valence-corrected chi connectivity index (χ1v) is 6.32. The Morgan fingerprint density at radius 3 is 3.00 bits per heavy atom. The Morgan fingerprint density at radius 1 is 1.62 bits per heavy atom. The van der Waals surface area contributed by atoms with Crippen molar-refractivity contribution in [1.29, 1.82) is 0 Å². The van der Waals surface area contributed by atoms with Gasteiger partial charge in [-0.15, -0.1) is 0 Å². The summed E-state index contributed by atoms with van der Waals surface area (Å²) in [6.07, 6.45) is 2.63. The highest BCUT2D eigenvalue weighted by Crippen LogP contribution is 2.27. The minimum atomic E-state index is 0.619. The third-order valence-corrected chi connectivity index (χ3v) is 2.96. The van der Waals surface area contributed by atoms with E-state index in [1.54, 1.807) is 12.3 Å². The highest BCUT2D eigenvalue weighted by molar-refractivity contribution is 14.1. The average molecular weight is 376 g/mol. The van der Waals surface area contributed by atoms with Crippen molar-refractivity contribution in [3.8, 4) is 5.75 Å².